The van der Waals surface area contributed by atoms with Crippen LogP contribution in [-0.2, 0) is 16.0 Å². The van der Waals surface area contributed by atoms with Gasteiger partial charge < -0.3 is 14.8 Å². The average Bonchev–Trinajstić information content (AvgIpc) is 3.04. The summed E-state index contributed by atoms with van der Waals surface area (Å²) in [5.41, 5.74) is 3.72. The second-order valence-corrected chi connectivity index (χ2v) is 6.60. The molecule has 0 fully saturated rings. The van der Waals surface area contributed by atoms with Gasteiger partial charge in [-0.05, 0) is 67.5 Å². The van der Waals surface area contributed by atoms with E-state index in [1.807, 2.05) is 31.2 Å². The normalized spacial score (nSPS) is 15.3. The number of carbonyl (C=O) groups is 1. The highest BCUT2D eigenvalue weighted by Crippen LogP contribution is 2.37. The third-order valence-electron chi connectivity index (χ3n) is 4.73. The molecule has 1 atom stereocenters. The first-order chi connectivity index (χ1) is 12.8. The van der Waals surface area contributed by atoms with Crippen LogP contribution in [0.15, 0.2) is 48.5 Å². The van der Waals surface area contributed by atoms with Gasteiger partial charge in [-0.15, -0.1) is 0 Å². The molecule has 2 aromatic rings. The molecule has 0 heterocycles. The Balaban J connectivity index is 1.44. The number of nitrogens with one attached hydrogen (secondary N) is 1. The molecule has 0 radical (unpaired) electrons. The minimum absolute atomic E-state index is 0.100. The van der Waals surface area contributed by atoms with E-state index in [1.54, 1.807) is 0 Å². The van der Waals surface area contributed by atoms with Crippen LogP contribution in [0.1, 0.15) is 43.2 Å². The summed E-state index contributed by atoms with van der Waals surface area (Å²) in [5, 5.41) is 3.38. The molecule has 1 aliphatic rings. The van der Waals surface area contributed by atoms with Gasteiger partial charge in [0.2, 0.25) is 0 Å². The number of ether oxygens (including phenoxy) is 2. The Bertz CT molecular complexity index is 715. The number of rotatable bonds is 9. The Morgan fingerprint density at radius 2 is 2.04 bits per heavy atom. The van der Waals surface area contributed by atoms with E-state index >= 15 is 0 Å². The molecule has 0 saturated carbocycles. The molecule has 4 heteroatoms. The standard InChI is InChI=1S/C22H27NO3/c1-2-25-22(24)16-18-10-9-17-15-20(11-12-21(17)18)26-14-6-13-23-19-7-4-3-5-8-19/h3-5,7-8,11-12,15,18,23H,2,6,9-10,13-14,16H2,1H3/t18-/m0/s1. The summed E-state index contributed by atoms with van der Waals surface area (Å²) in [5.74, 6) is 1.10. The lowest BCUT2D eigenvalue weighted by Crippen LogP contribution is -2.09. The van der Waals surface area contributed by atoms with Crippen molar-refractivity contribution in [1.82, 2.24) is 0 Å². The van der Waals surface area contributed by atoms with Crippen LogP contribution >= 0.6 is 0 Å². The van der Waals surface area contributed by atoms with Crippen LogP contribution in [0.3, 0.4) is 0 Å². The van der Waals surface area contributed by atoms with Gasteiger partial charge >= 0.3 is 5.97 Å². The van der Waals surface area contributed by atoms with Crippen LogP contribution in [-0.4, -0.2) is 25.7 Å². The SMILES string of the molecule is CCOC(=O)C[C@@H]1CCc2cc(OCCCNc3ccccc3)ccc21. The molecule has 0 bridgehead atoms. The maximum atomic E-state index is 11.7. The van der Waals surface area contributed by atoms with Gasteiger partial charge in [0.05, 0.1) is 19.6 Å². The van der Waals surface area contributed by atoms with Gasteiger partial charge in [0.15, 0.2) is 0 Å². The monoisotopic (exact) mass is 353 g/mol. The van der Waals surface area contributed by atoms with E-state index in [-0.39, 0.29) is 11.9 Å². The maximum Gasteiger partial charge on any atom is 0.306 e. The second-order valence-electron chi connectivity index (χ2n) is 6.60. The van der Waals surface area contributed by atoms with Crippen molar-refractivity contribution in [3.8, 4) is 5.75 Å². The molecule has 0 aromatic heterocycles. The van der Waals surface area contributed by atoms with Gasteiger partial charge in [0, 0.05) is 12.2 Å². The number of fused-ring (bicyclic) bond motifs is 1. The summed E-state index contributed by atoms with van der Waals surface area (Å²) in [6.45, 7) is 3.87. The number of hydrogen-bond donors (Lipinski definition) is 1. The summed E-state index contributed by atoms with van der Waals surface area (Å²) in [4.78, 5) is 11.7. The summed E-state index contributed by atoms with van der Waals surface area (Å²) in [6.07, 6.45) is 3.44. The van der Waals surface area contributed by atoms with Crippen molar-refractivity contribution >= 4 is 11.7 Å². The molecular formula is C22H27NO3. The lowest BCUT2D eigenvalue weighted by Gasteiger charge is -2.12. The summed E-state index contributed by atoms with van der Waals surface area (Å²) >= 11 is 0. The number of para-hydroxylation sites is 1. The maximum absolute atomic E-state index is 11.7. The molecule has 0 amide bonds. The lowest BCUT2D eigenvalue weighted by molar-refractivity contribution is -0.143. The fourth-order valence-electron chi connectivity index (χ4n) is 3.46. The Labute approximate surface area is 155 Å². The highest BCUT2D eigenvalue weighted by molar-refractivity contribution is 5.71. The van der Waals surface area contributed by atoms with Crippen molar-refractivity contribution in [3.63, 3.8) is 0 Å². The predicted molar refractivity (Wildman–Crippen MR) is 104 cm³/mol. The quantitative estimate of drug-likeness (QED) is 0.531. The van der Waals surface area contributed by atoms with E-state index in [1.165, 1.54) is 11.1 Å². The molecule has 0 spiro atoms. The smallest absolute Gasteiger partial charge is 0.306 e. The van der Waals surface area contributed by atoms with E-state index in [2.05, 4.69) is 29.6 Å². The van der Waals surface area contributed by atoms with Crippen molar-refractivity contribution in [1.29, 1.82) is 0 Å². The van der Waals surface area contributed by atoms with Gasteiger partial charge in [-0.2, -0.15) is 0 Å². The largest absolute Gasteiger partial charge is 0.494 e. The first-order valence-corrected chi connectivity index (χ1v) is 9.46. The van der Waals surface area contributed by atoms with E-state index in [4.69, 9.17) is 9.47 Å². The molecule has 0 saturated heterocycles. The molecule has 3 rings (SSSR count). The Morgan fingerprint density at radius 3 is 2.85 bits per heavy atom. The number of benzene rings is 2. The molecule has 1 aliphatic carbocycles. The number of aryl methyl sites for hydroxylation is 1. The Hall–Kier alpha value is -2.49. The van der Waals surface area contributed by atoms with Crippen LogP contribution in [0.2, 0.25) is 0 Å². The summed E-state index contributed by atoms with van der Waals surface area (Å²) in [7, 11) is 0. The molecule has 1 N–H and O–H groups in total. The highest BCUT2D eigenvalue weighted by Gasteiger charge is 2.25. The molecule has 0 aliphatic heterocycles. The minimum Gasteiger partial charge on any atom is -0.494 e. The average molecular weight is 353 g/mol. The summed E-state index contributed by atoms with van der Waals surface area (Å²) < 4.78 is 11.0. The van der Waals surface area contributed by atoms with Gasteiger partial charge in [0.1, 0.15) is 5.75 Å². The molecule has 26 heavy (non-hydrogen) atoms. The van der Waals surface area contributed by atoms with Crippen molar-refractivity contribution in [2.75, 3.05) is 25.1 Å². The zero-order valence-corrected chi connectivity index (χ0v) is 15.4. The van der Waals surface area contributed by atoms with Crippen LogP contribution in [0.4, 0.5) is 5.69 Å². The van der Waals surface area contributed by atoms with Crippen LogP contribution in [0, 0.1) is 0 Å². The minimum atomic E-state index is -0.100. The lowest BCUT2D eigenvalue weighted by atomic mass is 9.98. The van der Waals surface area contributed by atoms with Gasteiger partial charge in [0.25, 0.3) is 0 Å². The number of carbonyl (C=O) groups excluding carboxylic acids is 1. The highest BCUT2D eigenvalue weighted by atomic mass is 16.5. The fourth-order valence-corrected chi connectivity index (χ4v) is 3.46. The van der Waals surface area contributed by atoms with Crippen LogP contribution in [0.5, 0.6) is 5.75 Å². The van der Waals surface area contributed by atoms with E-state index in [0.29, 0.717) is 19.6 Å². The topological polar surface area (TPSA) is 47.6 Å². The molecule has 2 aromatic carbocycles. The predicted octanol–water partition coefficient (Wildman–Crippen LogP) is 4.55. The van der Waals surface area contributed by atoms with Gasteiger partial charge in [-0.1, -0.05) is 24.3 Å². The van der Waals surface area contributed by atoms with Crippen molar-refractivity contribution in [2.45, 2.75) is 38.5 Å². The zero-order chi connectivity index (χ0) is 18.2. The van der Waals surface area contributed by atoms with E-state index < -0.39 is 0 Å². The van der Waals surface area contributed by atoms with Crippen molar-refractivity contribution in [2.24, 2.45) is 0 Å². The first kappa shape index (κ1) is 18.3. The fraction of sp³-hybridized carbons (Fsp3) is 0.409. The van der Waals surface area contributed by atoms with Gasteiger partial charge in [-0.25, -0.2) is 0 Å². The van der Waals surface area contributed by atoms with E-state index in [9.17, 15) is 4.79 Å². The number of esters is 1. The Morgan fingerprint density at radius 1 is 1.19 bits per heavy atom. The second kappa shape index (κ2) is 9.27. The van der Waals surface area contributed by atoms with Gasteiger partial charge in [-0.3, -0.25) is 4.79 Å². The third-order valence-corrected chi connectivity index (χ3v) is 4.73. The summed E-state index contributed by atoms with van der Waals surface area (Å²) in [6, 6.07) is 16.5. The van der Waals surface area contributed by atoms with Crippen molar-refractivity contribution < 1.29 is 14.3 Å². The number of anilines is 1. The zero-order valence-electron chi connectivity index (χ0n) is 15.4. The molecular weight excluding hydrogens is 326 g/mol. The number of hydrogen-bond acceptors (Lipinski definition) is 4. The van der Waals surface area contributed by atoms with Crippen LogP contribution in [0.25, 0.3) is 0 Å². The molecule has 4 nitrogen and oxygen atoms in total. The van der Waals surface area contributed by atoms with E-state index in [0.717, 1.165) is 37.2 Å². The molecule has 138 valence electrons. The van der Waals surface area contributed by atoms with Crippen LogP contribution < -0.4 is 10.1 Å². The first-order valence-electron chi connectivity index (χ1n) is 9.46. The van der Waals surface area contributed by atoms with Crippen molar-refractivity contribution in [3.05, 3.63) is 59.7 Å². The third kappa shape index (κ3) is 5.01. The Kier molecular flexibility index (Phi) is 6.53. The molecule has 0 unspecified atom stereocenters.